The lowest BCUT2D eigenvalue weighted by Gasteiger charge is -2.12. The third-order valence-corrected chi connectivity index (χ3v) is 4.28. The number of unbranched alkanes of at least 4 members (excludes halogenated alkanes) is 9. The molecule has 0 saturated carbocycles. The monoisotopic (exact) mass is 274 g/mol. The summed E-state index contributed by atoms with van der Waals surface area (Å²) < 4.78 is 0. The molecule has 0 aromatic rings. The summed E-state index contributed by atoms with van der Waals surface area (Å²) in [4.78, 5) is 0. The van der Waals surface area contributed by atoms with E-state index >= 15 is 0 Å². The second kappa shape index (κ2) is 15.3. The standard InChI is InChI=1S/C17H35Cl/c1-3-5-6-7-8-9-10-11-12-13-14-17(4-2)15-16-18/h17H,3-16H2,1-2H3. The van der Waals surface area contributed by atoms with Crippen LogP contribution in [0.5, 0.6) is 0 Å². The fraction of sp³-hybridized carbons (Fsp3) is 1.00. The molecule has 0 aromatic heterocycles. The van der Waals surface area contributed by atoms with E-state index in [1.54, 1.807) is 0 Å². The molecular weight excluding hydrogens is 240 g/mol. The van der Waals surface area contributed by atoms with Crippen LogP contribution < -0.4 is 0 Å². The molecule has 0 nitrogen and oxygen atoms in total. The summed E-state index contributed by atoms with van der Waals surface area (Å²) >= 11 is 5.81. The van der Waals surface area contributed by atoms with Crippen molar-refractivity contribution in [2.75, 3.05) is 5.88 Å². The maximum Gasteiger partial charge on any atom is 0.0226 e. The van der Waals surface area contributed by atoms with Gasteiger partial charge >= 0.3 is 0 Å². The van der Waals surface area contributed by atoms with E-state index in [-0.39, 0.29) is 0 Å². The third-order valence-electron chi connectivity index (χ3n) is 4.06. The van der Waals surface area contributed by atoms with E-state index in [2.05, 4.69) is 13.8 Å². The largest absolute Gasteiger partial charge is 0.127 e. The van der Waals surface area contributed by atoms with Gasteiger partial charge in [-0.2, -0.15) is 0 Å². The molecule has 0 N–H and O–H groups in total. The molecule has 0 fully saturated rings. The molecule has 18 heavy (non-hydrogen) atoms. The summed E-state index contributed by atoms with van der Waals surface area (Å²) in [6, 6.07) is 0. The van der Waals surface area contributed by atoms with Crippen molar-refractivity contribution in [1.29, 1.82) is 0 Å². The number of rotatable bonds is 14. The van der Waals surface area contributed by atoms with E-state index in [4.69, 9.17) is 11.6 Å². The second-order valence-corrected chi connectivity index (χ2v) is 6.10. The van der Waals surface area contributed by atoms with Crippen molar-refractivity contribution in [3.63, 3.8) is 0 Å². The van der Waals surface area contributed by atoms with Crippen LogP contribution in [0, 0.1) is 5.92 Å². The quantitative estimate of drug-likeness (QED) is 0.237. The van der Waals surface area contributed by atoms with Gasteiger partial charge in [-0.3, -0.25) is 0 Å². The fourth-order valence-corrected chi connectivity index (χ4v) is 2.94. The molecule has 0 spiro atoms. The normalized spacial score (nSPS) is 12.8. The van der Waals surface area contributed by atoms with Crippen molar-refractivity contribution < 1.29 is 0 Å². The lowest BCUT2D eigenvalue weighted by molar-refractivity contribution is 0.427. The first-order valence-corrected chi connectivity index (χ1v) is 8.94. The zero-order valence-corrected chi connectivity index (χ0v) is 13.6. The Morgan fingerprint density at radius 3 is 1.61 bits per heavy atom. The average molecular weight is 275 g/mol. The Morgan fingerprint density at radius 2 is 1.17 bits per heavy atom. The molecule has 0 saturated heterocycles. The molecular formula is C17H35Cl. The van der Waals surface area contributed by atoms with E-state index in [1.165, 1.54) is 83.5 Å². The minimum Gasteiger partial charge on any atom is -0.127 e. The first-order chi connectivity index (χ1) is 8.85. The number of halogens is 1. The molecule has 0 bridgehead atoms. The summed E-state index contributed by atoms with van der Waals surface area (Å²) in [5, 5.41) is 0. The van der Waals surface area contributed by atoms with Gasteiger partial charge in [0.1, 0.15) is 0 Å². The van der Waals surface area contributed by atoms with Crippen molar-refractivity contribution in [1.82, 2.24) is 0 Å². The topological polar surface area (TPSA) is 0 Å². The Morgan fingerprint density at radius 1 is 0.667 bits per heavy atom. The van der Waals surface area contributed by atoms with Crippen molar-refractivity contribution in [2.24, 2.45) is 5.92 Å². The smallest absolute Gasteiger partial charge is 0.0226 e. The third kappa shape index (κ3) is 12.7. The lowest BCUT2D eigenvalue weighted by Crippen LogP contribution is -1.99. The van der Waals surface area contributed by atoms with Crippen LogP contribution in [0.4, 0.5) is 0 Å². The van der Waals surface area contributed by atoms with Crippen LogP contribution in [-0.2, 0) is 0 Å². The lowest BCUT2D eigenvalue weighted by atomic mass is 9.95. The van der Waals surface area contributed by atoms with Crippen LogP contribution in [0.3, 0.4) is 0 Å². The van der Waals surface area contributed by atoms with E-state index in [0.29, 0.717) is 0 Å². The van der Waals surface area contributed by atoms with Crippen molar-refractivity contribution >= 4 is 11.6 Å². The highest BCUT2D eigenvalue weighted by molar-refractivity contribution is 6.17. The first kappa shape index (κ1) is 18.3. The Bertz CT molecular complexity index is 145. The van der Waals surface area contributed by atoms with E-state index in [9.17, 15) is 0 Å². The van der Waals surface area contributed by atoms with Gasteiger partial charge in [0.05, 0.1) is 0 Å². The van der Waals surface area contributed by atoms with Gasteiger partial charge in [-0.1, -0.05) is 90.9 Å². The first-order valence-electron chi connectivity index (χ1n) is 8.41. The summed E-state index contributed by atoms with van der Waals surface area (Å²) in [5.41, 5.74) is 0. The van der Waals surface area contributed by atoms with Crippen molar-refractivity contribution in [3.8, 4) is 0 Å². The maximum absolute atomic E-state index is 5.81. The molecule has 110 valence electrons. The Balaban J connectivity index is 3.10. The zero-order valence-electron chi connectivity index (χ0n) is 12.9. The summed E-state index contributed by atoms with van der Waals surface area (Å²) in [5.74, 6) is 1.73. The summed E-state index contributed by atoms with van der Waals surface area (Å²) in [6.07, 6.45) is 18.3. The van der Waals surface area contributed by atoms with Crippen LogP contribution >= 0.6 is 11.6 Å². The molecule has 0 amide bonds. The van der Waals surface area contributed by atoms with E-state index in [1.807, 2.05) is 0 Å². The van der Waals surface area contributed by atoms with Crippen LogP contribution in [0.2, 0.25) is 0 Å². The SMILES string of the molecule is CCCCCCCCCCCCC(CC)CCCl. The van der Waals surface area contributed by atoms with Gasteiger partial charge in [-0.15, -0.1) is 11.6 Å². The minimum atomic E-state index is 0.844. The predicted molar refractivity (Wildman–Crippen MR) is 85.6 cm³/mol. The summed E-state index contributed by atoms with van der Waals surface area (Å²) in [7, 11) is 0. The Hall–Kier alpha value is 0.290. The predicted octanol–water partition coefficient (Wildman–Crippen LogP) is 6.95. The average Bonchev–Trinajstić information content (AvgIpc) is 2.39. The summed E-state index contributed by atoms with van der Waals surface area (Å²) in [6.45, 7) is 4.58. The molecule has 1 atom stereocenters. The van der Waals surface area contributed by atoms with Gasteiger partial charge in [0.15, 0.2) is 0 Å². The van der Waals surface area contributed by atoms with Crippen LogP contribution in [0.1, 0.15) is 97.3 Å². The minimum absolute atomic E-state index is 0.844. The molecule has 0 aliphatic heterocycles. The molecule has 0 rings (SSSR count). The number of hydrogen-bond acceptors (Lipinski definition) is 0. The van der Waals surface area contributed by atoms with Gasteiger partial charge in [-0.25, -0.2) is 0 Å². The molecule has 1 unspecified atom stereocenters. The van der Waals surface area contributed by atoms with Gasteiger partial charge in [0.2, 0.25) is 0 Å². The molecule has 0 aliphatic rings. The Labute approximate surface area is 121 Å². The highest BCUT2D eigenvalue weighted by atomic mass is 35.5. The number of alkyl halides is 1. The van der Waals surface area contributed by atoms with Crippen LogP contribution in [0.25, 0.3) is 0 Å². The van der Waals surface area contributed by atoms with Gasteiger partial charge < -0.3 is 0 Å². The maximum atomic E-state index is 5.81. The van der Waals surface area contributed by atoms with E-state index < -0.39 is 0 Å². The highest BCUT2D eigenvalue weighted by Crippen LogP contribution is 2.19. The highest BCUT2D eigenvalue weighted by Gasteiger charge is 2.04. The van der Waals surface area contributed by atoms with E-state index in [0.717, 1.165) is 11.8 Å². The molecule has 0 heterocycles. The van der Waals surface area contributed by atoms with Gasteiger partial charge in [0, 0.05) is 5.88 Å². The number of hydrogen-bond donors (Lipinski definition) is 0. The Kier molecular flexibility index (Phi) is 15.6. The molecule has 1 heteroatoms. The van der Waals surface area contributed by atoms with Gasteiger partial charge in [0.25, 0.3) is 0 Å². The molecule has 0 aliphatic carbocycles. The molecule has 0 aromatic carbocycles. The molecule has 0 radical (unpaired) electrons. The van der Waals surface area contributed by atoms with Crippen LogP contribution in [0.15, 0.2) is 0 Å². The van der Waals surface area contributed by atoms with Crippen molar-refractivity contribution in [3.05, 3.63) is 0 Å². The fourth-order valence-electron chi connectivity index (χ4n) is 2.63. The zero-order chi connectivity index (χ0) is 13.5. The van der Waals surface area contributed by atoms with Gasteiger partial charge in [-0.05, 0) is 12.3 Å². The van der Waals surface area contributed by atoms with Crippen molar-refractivity contribution in [2.45, 2.75) is 97.3 Å². The second-order valence-electron chi connectivity index (χ2n) is 5.72. The van der Waals surface area contributed by atoms with Crippen LogP contribution in [-0.4, -0.2) is 5.88 Å².